The number of benzene rings is 3. The fourth-order valence-corrected chi connectivity index (χ4v) is 5.54. The molecule has 5 rings (SSSR count). The minimum Gasteiger partial charge on any atom is -0.322 e. The highest BCUT2D eigenvalue weighted by atomic mass is 32.2. The summed E-state index contributed by atoms with van der Waals surface area (Å²) in [5, 5.41) is 4.79. The Labute approximate surface area is 202 Å². The van der Waals surface area contributed by atoms with Crippen molar-refractivity contribution in [3.63, 3.8) is 0 Å². The van der Waals surface area contributed by atoms with Gasteiger partial charge in [-0.2, -0.15) is 13.1 Å². The van der Waals surface area contributed by atoms with E-state index < -0.39 is 21.9 Å². The van der Waals surface area contributed by atoms with Gasteiger partial charge in [-0.25, -0.2) is 4.39 Å². The highest BCUT2D eigenvalue weighted by Gasteiger charge is 2.26. The highest BCUT2D eigenvalue weighted by Crippen LogP contribution is 2.31. The molecular formula is C26H23FN4O3S. The van der Waals surface area contributed by atoms with Crippen LogP contribution in [0.2, 0.25) is 0 Å². The van der Waals surface area contributed by atoms with Gasteiger partial charge in [-0.1, -0.05) is 30.3 Å². The molecule has 0 atom stereocenters. The van der Waals surface area contributed by atoms with Gasteiger partial charge in [0.25, 0.3) is 5.91 Å². The molecule has 0 bridgehead atoms. The summed E-state index contributed by atoms with van der Waals surface area (Å²) in [6.07, 6.45) is 2.35. The number of aryl methyl sites for hydroxylation is 1. The van der Waals surface area contributed by atoms with Gasteiger partial charge in [0, 0.05) is 35.9 Å². The molecule has 178 valence electrons. The van der Waals surface area contributed by atoms with E-state index in [1.165, 1.54) is 12.1 Å². The fraction of sp³-hybridized carbons (Fsp3) is 0.154. The van der Waals surface area contributed by atoms with E-state index in [2.05, 4.69) is 15.0 Å². The maximum Gasteiger partial charge on any atom is 0.301 e. The van der Waals surface area contributed by atoms with Crippen LogP contribution in [0, 0.1) is 12.7 Å². The van der Waals surface area contributed by atoms with Gasteiger partial charge in [0.1, 0.15) is 5.82 Å². The van der Waals surface area contributed by atoms with Gasteiger partial charge >= 0.3 is 10.2 Å². The second-order valence-corrected chi connectivity index (χ2v) is 10.0. The molecule has 2 heterocycles. The van der Waals surface area contributed by atoms with Crippen LogP contribution < -0.4 is 14.3 Å². The standard InChI is InChI=1S/C26H23FN4O3S/c1-17-7-8-19(15-23(17)25-21-6-3-2-5-18(21)11-13-28-25)30-26(32)22-10-9-20(16-24(22)27)31-14-4-12-29-35(31,33)34/h2-3,5-11,13,15-16,29H,4,12,14H2,1H3,(H,30,32). The normalized spacial score (nSPS) is 15.2. The molecule has 9 heteroatoms. The Bertz CT molecular complexity index is 1550. The lowest BCUT2D eigenvalue weighted by Gasteiger charge is -2.28. The molecule has 1 aromatic heterocycles. The summed E-state index contributed by atoms with van der Waals surface area (Å²) in [5.74, 6) is -1.43. The Morgan fingerprint density at radius 1 is 1.09 bits per heavy atom. The van der Waals surface area contributed by atoms with Crippen LogP contribution in [0.5, 0.6) is 0 Å². The van der Waals surface area contributed by atoms with Crippen LogP contribution in [0.15, 0.2) is 72.9 Å². The molecule has 4 aromatic rings. The minimum atomic E-state index is -3.72. The number of aromatic nitrogens is 1. The number of hydrogen-bond donors (Lipinski definition) is 2. The average Bonchev–Trinajstić information content (AvgIpc) is 2.84. The third-order valence-corrected chi connectivity index (χ3v) is 7.56. The van der Waals surface area contributed by atoms with Gasteiger partial charge in [0.2, 0.25) is 0 Å². The third-order valence-electron chi connectivity index (χ3n) is 6.02. The summed E-state index contributed by atoms with van der Waals surface area (Å²) in [4.78, 5) is 17.4. The van der Waals surface area contributed by atoms with Crippen molar-refractivity contribution in [1.82, 2.24) is 9.71 Å². The van der Waals surface area contributed by atoms with Crippen molar-refractivity contribution in [3.05, 3.63) is 89.9 Å². The second-order valence-electron chi connectivity index (χ2n) is 8.35. The fourth-order valence-electron chi connectivity index (χ4n) is 4.22. The second kappa shape index (κ2) is 9.09. The van der Waals surface area contributed by atoms with E-state index in [9.17, 15) is 17.6 Å². The zero-order valence-corrected chi connectivity index (χ0v) is 19.8. The lowest BCUT2D eigenvalue weighted by molar-refractivity contribution is 0.102. The van der Waals surface area contributed by atoms with E-state index in [0.29, 0.717) is 18.7 Å². The lowest BCUT2D eigenvalue weighted by Crippen LogP contribution is -2.47. The van der Waals surface area contributed by atoms with Gasteiger partial charge < -0.3 is 5.32 Å². The molecule has 0 spiro atoms. The van der Waals surface area contributed by atoms with Gasteiger partial charge in [-0.3, -0.25) is 14.1 Å². The van der Waals surface area contributed by atoms with E-state index in [4.69, 9.17) is 0 Å². The van der Waals surface area contributed by atoms with Crippen LogP contribution in [-0.4, -0.2) is 32.4 Å². The number of fused-ring (bicyclic) bond motifs is 1. The van der Waals surface area contributed by atoms with Crippen LogP contribution in [-0.2, 0) is 10.2 Å². The molecule has 0 saturated carbocycles. The van der Waals surface area contributed by atoms with Crippen LogP contribution in [0.4, 0.5) is 15.8 Å². The maximum absolute atomic E-state index is 14.9. The number of carbonyl (C=O) groups is 1. The first-order valence-corrected chi connectivity index (χ1v) is 12.6. The summed E-state index contributed by atoms with van der Waals surface area (Å²) in [6, 6.07) is 19.1. The molecule has 3 aromatic carbocycles. The van der Waals surface area contributed by atoms with Crippen LogP contribution >= 0.6 is 0 Å². The number of carbonyl (C=O) groups excluding carboxylic acids is 1. The summed E-state index contributed by atoms with van der Waals surface area (Å²) >= 11 is 0. The Morgan fingerprint density at radius 3 is 2.71 bits per heavy atom. The number of halogens is 1. The Balaban J connectivity index is 1.43. The first-order valence-electron chi connectivity index (χ1n) is 11.2. The molecule has 35 heavy (non-hydrogen) atoms. The van der Waals surface area contributed by atoms with Gasteiger partial charge in [0.05, 0.1) is 16.9 Å². The van der Waals surface area contributed by atoms with Gasteiger partial charge in [0.15, 0.2) is 0 Å². The van der Waals surface area contributed by atoms with E-state index in [1.807, 2.05) is 49.4 Å². The number of pyridine rings is 1. The topological polar surface area (TPSA) is 91.4 Å². The number of anilines is 2. The third kappa shape index (κ3) is 4.48. The Kier molecular flexibility index (Phi) is 5.96. The van der Waals surface area contributed by atoms with Crippen LogP contribution in [0.1, 0.15) is 22.3 Å². The highest BCUT2D eigenvalue weighted by molar-refractivity contribution is 7.90. The number of nitrogens with zero attached hydrogens (tertiary/aromatic N) is 2. The van der Waals surface area contributed by atoms with Crippen molar-refractivity contribution in [2.45, 2.75) is 13.3 Å². The Hall–Kier alpha value is -3.82. The molecular weight excluding hydrogens is 467 g/mol. The molecule has 1 saturated heterocycles. The number of nitrogens with one attached hydrogen (secondary N) is 2. The van der Waals surface area contributed by atoms with Crippen LogP contribution in [0.25, 0.3) is 22.0 Å². The monoisotopic (exact) mass is 490 g/mol. The van der Waals surface area contributed by atoms with E-state index in [-0.39, 0.29) is 17.8 Å². The number of amides is 1. The molecule has 0 radical (unpaired) electrons. The van der Waals surface area contributed by atoms with Crippen molar-refractivity contribution < 1.29 is 17.6 Å². The molecule has 0 unspecified atom stereocenters. The zero-order valence-electron chi connectivity index (χ0n) is 19.0. The van der Waals surface area contributed by atoms with Crippen molar-refractivity contribution in [1.29, 1.82) is 0 Å². The summed E-state index contributed by atoms with van der Waals surface area (Å²) in [7, 11) is -3.72. The summed E-state index contributed by atoms with van der Waals surface area (Å²) in [6.45, 7) is 2.55. The largest absolute Gasteiger partial charge is 0.322 e. The average molecular weight is 491 g/mol. The predicted molar refractivity (Wildman–Crippen MR) is 135 cm³/mol. The lowest BCUT2D eigenvalue weighted by atomic mass is 9.99. The van der Waals surface area contributed by atoms with Crippen molar-refractivity contribution in [2.24, 2.45) is 0 Å². The number of rotatable bonds is 4. The molecule has 1 fully saturated rings. The summed E-state index contributed by atoms with van der Waals surface area (Å²) < 4.78 is 42.8. The zero-order chi connectivity index (χ0) is 24.6. The quantitative estimate of drug-likeness (QED) is 0.436. The maximum atomic E-state index is 14.9. The first kappa shape index (κ1) is 22.9. The van der Waals surface area contributed by atoms with Crippen molar-refractivity contribution in [2.75, 3.05) is 22.7 Å². The molecule has 2 N–H and O–H groups in total. The smallest absolute Gasteiger partial charge is 0.301 e. The molecule has 1 aliphatic rings. The minimum absolute atomic E-state index is 0.172. The molecule has 0 aliphatic carbocycles. The summed E-state index contributed by atoms with van der Waals surface area (Å²) in [5.41, 5.74) is 3.13. The van der Waals surface area contributed by atoms with Crippen molar-refractivity contribution in [3.8, 4) is 11.3 Å². The van der Waals surface area contributed by atoms with Gasteiger partial charge in [-0.05, 0) is 60.7 Å². The number of hydrogen-bond acceptors (Lipinski definition) is 4. The predicted octanol–water partition coefficient (Wildman–Crippen LogP) is 4.65. The molecule has 1 aliphatic heterocycles. The van der Waals surface area contributed by atoms with Crippen molar-refractivity contribution >= 4 is 38.3 Å². The van der Waals surface area contributed by atoms with Gasteiger partial charge in [-0.15, -0.1) is 0 Å². The SMILES string of the molecule is Cc1ccc(NC(=O)c2ccc(N3CCCNS3(=O)=O)cc2F)cc1-c1nccc2ccccc12. The molecule has 1 amide bonds. The molecule has 7 nitrogen and oxygen atoms in total. The van der Waals surface area contributed by atoms with E-state index >= 15 is 0 Å². The van der Waals surface area contributed by atoms with E-state index in [0.717, 1.165) is 38.0 Å². The van der Waals surface area contributed by atoms with E-state index in [1.54, 1.807) is 12.3 Å². The first-order chi connectivity index (χ1) is 16.8. The Morgan fingerprint density at radius 2 is 1.91 bits per heavy atom. The van der Waals surface area contributed by atoms with Crippen LogP contribution in [0.3, 0.4) is 0 Å².